The van der Waals surface area contributed by atoms with Gasteiger partial charge in [-0.25, -0.2) is 4.98 Å². The lowest BCUT2D eigenvalue weighted by Gasteiger charge is -2.26. The molecule has 2 N–H and O–H groups in total. The van der Waals surface area contributed by atoms with Gasteiger partial charge < -0.3 is 15.5 Å². The second-order valence-corrected chi connectivity index (χ2v) is 6.90. The number of benzene rings is 1. The molecular weight excluding hydrogens is 354 g/mol. The fourth-order valence-electron chi connectivity index (χ4n) is 2.79. The Balaban J connectivity index is 1.51. The maximum atomic E-state index is 12.2. The molecule has 1 amide bonds. The van der Waals surface area contributed by atoms with Gasteiger partial charge in [0, 0.05) is 55.8 Å². The van der Waals surface area contributed by atoms with Gasteiger partial charge in [0.15, 0.2) is 0 Å². The molecule has 0 spiro atoms. The van der Waals surface area contributed by atoms with Gasteiger partial charge in [0.25, 0.3) is 11.6 Å². The van der Waals surface area contributed by atoms with E-state index >= 15 is 0 Å². The van der Waals surface area contributed by atoms with Crippen LogP contribution in [0.3, 0.4) is 0 Å². The van der Waals surface area contributed by atoms with Crippen LogP contribution in [0.1, 0.15) is 16.9 Å². The molecule has 1 aromatic heterocycles. The van der Waals surface area contributed by atoms with E-state index in [1.807, 2.05) is 0 Å². The van der Waals surface area contributed by atoms with E-state index in [0.717, 1.165) is 39.1 Å². The van der Waals surface area contributed by atoms with E-state index < -0.39 is 4.92 Å². The average Bonchev–Trinajstić information content (AvgIpc) is 3.16. The van der Waals surface area contributed by atoms with E-state index in [9.17, 15) is 14.9 Å². The molecule has 2 aromatic rings. The maximum absolute atomic E-state index is 12.2. The minimum atomic E-state index is -0.441. The van der Waals surface area contributed by atoms with E-state index in [4.69, 9.17) is 0 Å². The number of amides is 1. The Morgan fingerprint density at radius 2 is 2.19 bits per heavy atom. The molecule has 1 saturated heterocycles. The molecule has 0 aliphatic carbocycles. The van der Waals surface area contributed by atoms with Crippen LogP contribution >= 0.6 is 11.3 Å². The summed E-state index contributed by atoms with van der Waals surface area (Å²) in [7, 11) is 0. The Bertz CT molecular complexity index is 773. The largest absolute Gasteiger partial charge is 0.351 e. The van der Waals surface area contributed by atoms with Gasteiger partial charge in [-0.05, 0) is 13.0 Å². The predicted molar refractivity (Wildman–Crippen MR) is 100 cm³/mol. The second kappa shape index (κ2) is 8.84. The number of non-ortho nitro benzene ring substituents is 1. The van der Waals surface area contributed by atoms with Gasteiger partial charge in [-0.3, -0.25) is 14.9 Å². The Morgan fingerprint density at radius 1 is 1.38 bits per heavy atom. The fourth-order valence-corrected chi connectivity index (χ4v) is 3.59. The lowest BCUT2D eigenvalue weighted by atomic mass is 10.2. The Morgan fingerprint density at radius 3 is 2.96 bits per heavy atom. The summed E-state index contributed by atoms with van der Waals surface area (Å²) in [6.45, 7) is 5.71. The molecule has 0 bridgehead atoms. The van der Waals surface area contributed by atoms with Crippen molar-refractivity contribution in [2.24, 2.45) is 0 Å². The molecule has 0 radical (unpaired) electrons. The van der Waals surface area contributed by atoms with Crippen molar-refractivity contribution in [2.75, 3.05) is 39.3 Å². The SMILES string of the molecule is O=C(NCCCN1CCNCC1)c1csc(-c2cccc([N+](=O)[O-])c2)n1. The summed E-state index contributed by atoms with van der Waals surface area (Å²) in [5, 5.41) is 19.4. The molecule has 9 heteroatoms. The molecular formula is C17H21N5O3S. The summed E-state index contributed by atoms with van der Waals surface area (Å²) in [6.07, 6.45) is 0.896. The van der Waals surface area contributed by atoms with Gasteiger partial charge in [0.1, 0.15) is 10.7 Å². The molecule has 26 heavy (non-hydrogen) atoms. The molecule has 1 aromatic carbocycles. The molecule has 8 nitrogen and oxygen atoms in total. The summed E-state index contributed by atoms with van der Waals surface area (Å²) < 4.78 is 0. The Labute approximate surface area is 155 Å². The topological polar surface area (TPSA) is 100 Å². The lowest BCUT2D eigenvalue weighted by Crippen LogP contribution is -2.44. The van der Waals surface area contributed by atoms with Gasteiger partial charge in [0.05, 0.1) is 4.92 Å². The zero-order valence-electron chi connectivity index (χ0n) is 14.3. The first-order valence-corrected chi connectivity index (χ1v) is 9.43. The first kappa shape index (κ1) is 18.4. The summed E-state index contributed by atoms with van der Waals surface area (Å²) >= 11 is 1.30. The van der Waals surface area contributed by atoms with Gasteiger partial charge in [-0.1, -0.05) is 12.1 Å². The van der Waals surface area contributed by atoms with Crippen LogP contribution in [0.5, 0.6) is 0 Å². The molecule has 1 fully saturated rings. The number of nitro groups is 1. The average molecular weight is 375 g/mol. The number of carbonyl (C=O) groups is 1. The highest BCUT2D eigenvalue weighted by molar-refractivity contribution is 7.13. The van der Waals surface area contributed by atoms with Crippen molar-refractivity contribution in [1.29, 1.82) is 0 Å². The van der Waals surface area contributed by atoms with Gasteiger partial charge in [-0.15, -0.1) is 11.3 Å². The third-order valence-corrected chi connectivity index (χ3v) is 5.08. The number of nitrogens with one attached hydrogen (secondary N) is 2. The first-order chi connectivity index (χ1) is 12.6. The maximum Gasteiger partial charge on any atom is 0.270 e. The molecule has 0 atom stereocenters. The number of nitrogens with zero attached hydrogens (tertiary/aromatic N) is 3. The van der Waals surface area contributed by atoms with E-state index in [2.05, 4.69) is 20.5 Å². The minimum Gasteiger partial charge on any atom is -0.351 e. The van der Waals surface area contributed by atoms with E-state index in [1.54, 1.807) is 17.5 Å². The number of hydrogen-bond acceptors (Lipinski definition) is 7. The summed E-state index contributed by atoms with van der Waals surface area (Å²) in [5.41, 5.74) is 0.997. The highest BCUT2D eigenvalue weighted by atomic mass is 32.1. The lowest BCUT2D eigenvalue weighted by molar-refractivity contribution is -0.384. The monoisotopic (exact) mass is 375 g/mol. The molecule has 0 saturated carbocycles. The fraction of sp³-hybridized carbons (Fsp3) is 0.412. The number of thiazole rings is 1. The van der Waals surface area contributed by atoms with E-state index in [-0.39, 0.29) is 11.6 Å². The minimum absolute atomic E-state index is 0.0108. The van der Waals surface area contributed by atoms with Crippen molar-refractivity contribution in [3.05, 3.63) is 45.5 Å². The second-order valence-electron chi connectivity index (χ2n) is 6.05. The highest BCUT2D eigenvalue weighted by Crippen LogP contribution is 2.26. The van der Waals surface area contributed by atoms with Gasteiger partial charge >= 0.3 is 0 Å². The molecule has 0 unspecified atom stereocenters. The van der Waals surface area contributed by atoms with Crippen molar-refractivity contribution >= 4 is 22.9 Å². The van der Waals surface area contributed by atoms with Crippen LogP contribution in [-0.4, -0.2) is 60.0 Å². The van der Waals surface area contributed by atoms with Crippen molar-refractivity contribution in [1.82, 2.24) is 20.5 Å². The van der Waals surface area contributed by atoms with E-state index in [1.165, 1.54) is 23.5 Å². The number of aromatic nitrogens is 1. The first-order valence-electron chi connectivity index (χ1n) is 8.55. The predicted octanol–water partition coefficient (Wildman–Crippen LogP) is 1.74. The molecule has 3 rings (SSSR count). The molecule has 1 aliphatic rings. The van der Waals surface area contributed by atoms with Crippen LogP contribution in [0.2, 0.25) is 0 Å². The third-order valence-electron chi connectivity index (χ3n) is 4.19. The molecule has 1 aliphatic heterocycles. The van der Waals surface area contributed by atoms with Gasteiger partial charge in [0.2, 0.25) is 0 Å². The van der Waals surface area contributed by atoms with Crippen molar-refractivity contribution < 1.29 is 9.72 Å². The molecule has 138 valence electrons. The van der Waals surface area contributed by atoms with Crippen molar-refractivity contribution in [3.63, 3.8) is 0 Å². The number of hydrogen-bond donors (Lipinski definition) is 2. The third kappa shape index (κ3) is 4.84. The standard InChI is InChI=1S/C17H21N5O3S/c23-16(19-5-2-8-21-9-6-18-7-10-21)15-12-26-17(20-15)13-3-1-4-14(11-13)22(24)25/h1,3-4,11-12,18H,2,5-10H2,(H,19,23). The number of nitro benzene ring substituents is 1. The van der Waals surface area contributed by atoms with Crippen LogP contribution in [-0.2, 0) is 0 Å². The van der Waals surface area contributed by atoms with Gasteiger partial charge in [-0.2, -0.15) is 0 Å². The summed E-state index contributed by atoms with van der Waals surface area (Å²) in [6, 6.07) is 6.27. The zero-order valence-corrected chi connectivity index (χ0v) is 15.1. The van der Waals surface area contributed by atoms with Crippen LogP contribution in [0.15, 0.2) is 29.6 Å². The van der Waals surface area contributed by atoms with Crippen LogP contribution in [0, 0.1) is 10.1 Å². The molecule has 2 heterocycles. The Kier molecular flexibility index (Phi) is 6.26. The normalized spacial score (nSPS) is 14.9. The zero-order chi connectivity index (χ0) is 18.4. The van der Waals surface area contributed by atoms with Crippen LogP contribution in [0.25, 0.3) is 10.6 Å². The number of rotatable bonds is 7. The number of carbonyl (C=O) groups excluding carboxylic acids is 1. The van der Waals surface area contributed by atoms with Crippen molar-refractivity contribution in [2.45, 2.75) is 6.42 Å². The van der Waals surface area contributed by atoms with Crippen LogP contribution in [0.4, 0.5) is 5.69 Å². The summed E-state index contributed by atoms with van der Waals surface area (Å²) in [4.78, 5) is 29.3. The number of piperazine rings is 1. The summed E-state index contributed by atoms with van der Waals surface area (Å²) in [5.74, 6) is -0.210. The Hall–Kier alpha value is -2.36. The van der Waals surface area contributed by atoms with Crippen molar-refractivity contribution in [3.8, 4) is 10.6 Å². The highest BCUT2D eigenvalue weighted by Gasteiger charge is 2.14. The quantitative estimate of drug-likeness (QED) is 0.434. The van der Waals surface area contributed by atoms with E-state index in [0.29, 0.717) is 22.8 Å². The van der Waals surface area contributed by atoms with Crippen LogP contribution < -0.4 is 10.6 Å². The smallest absolute Gasteiger partial charge is 0.270 e.